The van der Waals surface area contributed by atoms with Crippen molar-refractivity contribution in [2.75, 3.05) is 11.9 Å². The molecule has 0 atom stereocenters. The zero-order valence-electron chi connectivity index (χ0n) is 11.0. The van der Waals surface area contributed by atoms with Crippen molar-refractivity contribution in [3.05, 3.63) is 48.2 Å². The van der Waals surface area contributed by atoms with Gasteiger partial charge < -0.3 is 9.88 Å². The SMILES string of the molecule is Cc1cccnc1CN(C)c1ncnc2[nH]ccc12. The lowest BCUT2D eigenvalue weighted by atomic mass is 10.2. The molecule has 0 aliphatic heterocycles. The molecule has 0 radical (unpaired) electrons. The summed E-state index contributed by atoms with van der Waals surface area (Å²) in [5.74, 6) is 0.913. The first kappa shape index (κ1) is 11.6. The normalized spacial score (nSPS) is 10.8. The fourth-order valence-electron chi connectivity index (χ4n) is 2.15. The van der Waals surface area contributed by atoms with Gasteiger partial charge in [0.15, 0.2) is 0 Å². The minimum absolute atomic E-state index is 0.726. The number of H-pyrrole nitrogens is 1. The average Bonchev–Trinajstić information content (AvgIpc) is 2.89. The largest absolute Gasteiger partial charge is 0.353 e. The van der Waals surface area contributed by atoms with E-state index in [1.165, 1.54) is 5.56 Å². The van der Waals surface area contributed by atoms with Gasteiger partial charge in [-0.15, -0.1) is 0 Å². The molecule has 3 aromatic heterocycles. The Labute approximate surface area is 111 Å². The van der Waals surface area contributed by atoms with E-state index >= 15 is 0 Å². The third-order valence-corrected chi connectivity index (χ3v) is 3.20. The van der Waals surface area contributed by atoms with Crippen molar-refractivity contribution in [3.8, 4) is 0 Å². The van der Waals surface area contributed by atoms with Crippen molar-refractivity contribution in [2.45, 2.75) is 13.5 Å². The molecule has 5 heteroatoms. The number of rotatable bonds is 3. The van der Waals surface area contributed by atoms with E-state index in [4.69, 9.17) is 0 Å². The highest BCUT2D eigenvalue weighted by Crippen LogP contribution is 2.22. The van der Waals surface area contributed by atoms with E-state index in [2.05, 4.69) is 37.8 Å². The van der Waals surface area contributed by atoms with Gasteiger partial charge in [-0.1, -0.05) is 6.07 Å². The van der Waals surface area contributed by atoms with Crippen LogP contribution in [0.5, 0.6) is 0 Å². The first-order chi connectivity index (χ1) is 9.25. The van der Waals surface area contributed by atoms with Crippen molar-refractivity contribution in [1.29, 1.82) is 0 Å². The Balaban J connectivity index is 1.94. The second kappa shape index (κ2) is 4.68. The molecule has 0 unspecified atom stereocenters. The first-order valence-corrected chi connectivity index (χ1v) is 6.15. The van der Waals surface area contributed by atoms with Crippen molar-refractivity contribution in [1.82, 2.24) is 19.9 Å². The summed E-state index contributed by atoms with van der Waals surface area (Å²) in [6.07, 6.45) is 5.28. The Kier molecular flexibility index (Phi) is 2.87. The number of pyridine rings is 1. The highest BCUT2D eigenvalue weighted by atomic mass is 15.2. The lowest BCUT2D eigenvalue weighted by Crippen LogP contribution is -2.19. The van der Waals surface area contributed by atoms with Crippen LogP contribution < -0.4 is 4.90 Å². The van der Waals surface area contributed by atoms with Gasteiger partial charge in [-0.25, -0.2) is 9.97 Å². The maximum Gasteiger partial charge on any atom is 0.142 e. The molecule has 5 nitrogen and oxygen atoms in total. The summed E-state index contributed by atoms with van der Waals surface area (Å²) >= 11 is 0. The van der Waals surface area contributed by atoms with Gasteiger partial charge in [-0.05, 0) is 24.6 Å². The number of aryl methyl sites for hydroxylation is 1. The molecule has 0 spiro atoms. The quantitative estimate of drug-likeness (QED) is 0.778. The Morgan fingerprint density at radius 2 is 2.11 bits per heavy atom. The van der Waals surface area contributed by atoms with E-state index in [0.717, 1.165) is 29.1 Å². The van der Waals surface area contributed by atoms with Crippen LogP contribution in [0.1, 0.15) is 11.3 Å². The van der Waals surface area contributed by atoms with Crippen molar-refractivity contribution < 1.29 is 0 Å². The zero-order valence-corrected chi connectivity index (χ0v) is 11.0. The van der Waals surface area contributed by atoms with Crippen molar-refractivity contribution in [3.63, 3.8) is 0 Å². The van der Waals surface area contributed by atoms with Crippen LogP contribution >= 0.6 is 0 Å². The number of nitrogens with one attached hydrogen (secondary N) is 1. The van der Waals surface area contributed by atoms with E-state index in [-0.39, 0.29) is 0 Å². The number of hydrogen-bond acceptors (Lipinski definition) is 4. The first-order valence-electron chi connectivity index (χ1n) is 6.15. The molecular weight excluding hydrogens is 238 g/mol. The number of aromatic amines is 1. The second-order valence-corrected chi connectivity index (χ2v) is 4.56. The molecule has 19 heavy (non-hydrogen) atoms. The highest BCUT2D eigenvalue weighted by Gasteiger charge is 2.11. The van der Waals surface area contributed by atoms with Crippen LogP contribution in [0.15, 0.2) is 36.9 Å². The number of anilines is 1. The van der Waals surface area contributed by atoms with Gasteiger partial charge in [0.25, 0.3) is 0 Å². The summed E-state index contributed by atoms with van der Waals surface area (Å²) < 4.78 is 0. The van der Waals surface area contributed by atoms with Crippen LogP contribution in [0.2, 0.25) is 0 Å². The minimum Gasteiger partial charge on any atom is -0.353 e. The predicted octanol–water partition coefficient (Wildman–Crippen LogP) is 2.30. The predicted molar refractivity (Wildman–Crippen MR) is 75.0 cm³/mol. The Hall–Kier alpha value is -2.43. The second-order valence-electron chi connectivity index (χ2n) is 4.56. The van der Waals surface area contributed by atoms with Crippen LogP contribution in [0.25, 0.3) is 11.0 Å². The van der Waals surface area contributed by atoms with Crippen LogP contribution in [0.4, 0.5) is 5.82 Å². The fraction of sp³-hybridized carbons (Fsp3) is 0.214. The van der Waals surface area contributed by atoms with Crippen LogP contribution in [0.3, 0.4) is 0 Å². The van der Waals surface area contributed by atoms with Crippen LogP contribution in [0, 0.1) is 6.92 Å². The van der Waals surface area contributed by atoms with Crippen molar-refractivity contribution in [2.24, 2.45) is 0 Å². The molecule has 96 valence electrons. The van der Waals surface area contributed by atoms with Gasteiger partial charge in [0.05, 0.1) is 17.6 Å². The zero-order chi connectivity index (χ0) is 13.2. The highest BCUT2D eigenvalue weighted by molar-refractivity contribution is 5.87. The molecule has 0 bridgehead atoms. The van der Waals surface area contributed by atoms with Gasteiger partial charge in [-0.3, -0.25) is 4.98 Å². The summed E-state index contributed by atoms with van der Waals surface area (Å²) in [6.45, 7) is 2.80. The number of nitrogens with zero attached hydrogens (tertiary/aromatic N) is 4. The van der Waals surface area contributed by atoms with E-state index < -0.39 is 0 Å². The summed E-state index contributed by atoms with van der Waals surface area (Å²) in [4.78, 5) is 18.2. The third-order valence-electron chi connectivity index (χ3n) is 3.20. The molecule has 0 saturated carbocycles. The molecule has 0 aromatic carbocycles. The van der Waals surface area contributed by atoms with Gasteiger partial charge >= 0.3 is 0 Å². The maximum atomic E-state index is 4.42. The lowest BCUT2D eigenvalue weighted by molar-refractivity contribution is 0.858. The van der Waals surface area contributed by atoms with Crippen LogP contribution in [-0.2, 0) is 6.54 Å². The molecule has 0 amide bonds. The van der Waals surface area contributed by atoms with E-state index in [1.807, 2.05) is 31.6 Å². The number of hydrogen-bond donors (Lipinski definition) is 1. The molecular formula is C14H15N5. The van der Waals surface area contributed by atoms with Crippen molar-refractivity contribution >= 4 is 16.9 Å². The summed E-state index contributed by atoms with van der Waals surface area (Å²) in [5.41, 5.74) is 3.11. The average molecular weight is 253 g/mol. The summed E-state index contributed by atoms with van der Waals surface area (Å²) in [7, 11) is 2.02. The van der Waals surface area contributed by atoms with Gasteiger partial charge in [-0.2, -0.15) is 0 Å². The molecule has 1 N–H and O–H groups in total. The lowest BCUT2D eigenvalue weighted by Gasteiger charge is -2.19. The molecule has 0 aliphatic rings. The monoisotopic (exact) mass is 253 g/mol. The van der Waals surface area contributed by atoms with E-state index in [1.54, 1.807) is 6.33 Å². The number of aromatic nitrogens is 4. The van der Waals surface area contributed by atoms with Gasteiger partial charge in [0.1, 0.15) is 17.8 Å². The van der Waals surface area contributed by atoms with Gasteiger partial charge in [0, 0.05) is 19.4 Å². The van der Waals surface area contributed by atoms with Crippen LogP contribution in [-0.4, -0.2) is 27.0 Å². The Bertz CT molecular complexity index is 704. The molecule has 3 aromatic rings. The topological polar surface area (TPSA) is 57.7 Å². The van der Waals surface area contributed by atoms with E-state index in [9.17, 15) is 0 Å². The summed E-state index contributed by atoms with van der Waals surface area (Å²) in [5, 5.41) is 1.03. The third kappa shape index (κ3) is 2.14. The molecule has 3 heterocycles. The molecule has 0 fully saturated rings. The molecule has 0 saturated heterocycles. The Morgan fingerprint density at radius 1 is 1.21 bits per heavy atom. The molecule has 0 aliphatic carbocycles. The maximum absolute atomic E-state index is 4.42. The minimum atomic E-state index is 0.726. The van der Waals surface area contributed by atoms with E-state index in [0.29, 0.717) is 0 Å². The molecule has 3 rings (SSSR count). The fourth-order valence-corrected chi connectivity index (χ4v) is 2.15. The Morgan fingerprint density at radius 3 is 2.95 bits per heavy atom. The number of fused-ring (bicyclic) bond motifs is 1. The standard InChI is InChI=1S/C14H15N5/c1-10-4-3-6-15-12(10)8-19(2)14-11-5-7-16-13(11)17-9-18-14/h3-7,9H,8H2,1-2H3,(H,16,17,18). The van der Waals surface area contributed by atoms with Gasteiger partial charge in [0.2, 0.25) is 0 Å². The summed E-state index contributed by atoms with van der Waals surface area (Å²) in [6, 6.07) is 6.02. The smallest absolute Gasteiger partial charge is 0.142 e.